The lowest BCUT2D eigenvalue weighted by Crippen LogP contribution is -2.33. The number of ether oxygens (including phenoxy) is 2. The molecule has 2 rings (SSSR count). The molecular weight excluding hydrogens is 228 g/mol. The molecule has 2 N–H and O–H groups in total. The molecule has 0 unspecified atom stereocenters. The van der Waals surface area contributed by atoms with Gasteiger partial charge in [-0.3, -0.25) is 0 Å². The SMILES string of the molecule is COCCOCCN1CCCc2cccc(N)c21. The molecule has 0 spiro atoms. The standard InChI is InChI=1S/C14H22N2O2/c1-17-10-11-18-9-8-16-7-3-5-12-4-2-6-13(15)14(12)16/h2,4,6H,3,5,7-11,15H2,1H3. The van der Waals surface area contributed by atoms with Crippen molar-refractivity contribution < 1.29 is 9.47 Å². The lowest BCUT2D eigenvalue weighted by Gasteiger charge is -2.32. The Hall–Kier alpha value is -1.26. The minimum Gasteiger partial charge on any atom is -0.397 e. The summed E-state index contributed by atoms with van der Waals surface area (Å²) in [6, 6.07) is 6.18. The lowest BCUT2D eigenvalue weighted by atomic mass is 10.0. The molecule has 4 nitrogen and oxygen atoms in total. The smallest absolute Gasteiger partial charge is 0.0701 e. The summed E-state index contributed by atoms with van der Waals surface area (Å²) >= 11 is 0. The predicted molar refractivity (Wildman–Crippen MR) is 74.1 cm³/mol. The van der Waals surface area contributed by atoms with Gasteiger partial charge in [0.05, 0.1) is 31.2 Å². The number of hydrogen-bond acceptors (Lipinski definition) is 4. The van der Waals surface area contributed by atoms with Crippen molar-refractivity contribution in [1.82, 2.24) is 0 Å². The topological polar surface area (TPSA) is 47.7 Å². The van der Waals surface area contributed by atoms with E-state index in [0.717, 1.165) is 31.8 Å². The van der Waals surface area contributed by atoms with E-state index in [4.69, 9.17) is 15.2 Å². The Kier molecular flexibility index (Phi) is 4.84. The van der Waals surface area contributed by atoms with E-state index in [1.807, 2.05) is 12.1 Å². The Bertz CT molecular complexity index is 382. The van der Waals surface area contributed by atoms with Crippen molar-refractivity contribution in [2.24, 2.45) is 0 Å². The average Bonchev–Trinajstić information content (AvgIpc) is 2.39. The third-order valence-electron chi connectivity index (χ3n) is 3.28. The first kappa shape index (κ1) is 13.2. The van der Waals surface area contributed by atoms with Crippen LogP contribution in [0.1, 0.15) is 12.0 Å². The highest BCUT2D eigenvalue weighted by molar-refractivity contribution is 5.72. The maximum Gasteiger partial charge on any atom is 0.0701 e. The zero-order valence-electron chi connectivity index (χ0n) is 11.0. The van der Waals surface area contributed by atoms with Crippen LogP contribution in [0.5, 0.6) is 0 Å². The molecule has 0 aliphatic carbocycles. The summed E-state index contributed by atoms with van der Waals surface area (Å²) in [6.07, 6.45) is 2.32. The Morgan fingerprint density at radius 1 is 1.28 bits per heavy atom. The molecule has 1 heterocycles. The second-order valence-corrected chi connectivity index (χ2v) is 4.55. The number of hydrogen-bond donors (Lipinski definition) is 1. The number of methoxy groups -OCH3 is 1. The van der Waals surface area contributed by atoms with Crippen LogP contribution in [0.25, 0.3) is 0 Å². The molecule has 0 saturated heterocycles. The van der Waals surface area contributed by atoms with Crippen LogP contribution in [-0.4, -0.2) is 40.0 Å². The fourth-order valence-corrected chi connectivity index (χ4v) is 2.41. The van der Waals surface area contributed by atoms with E-state index in [2.05, 4.69) is 11.0 Å². The molecule has 0 fully saturated rings. The van der Waals surface area contributed by atoms with Crippen LogP contribution in [0.2, 0.25) is 0 Å². The number of nitrogen functional groups attached to an aromatic ring is 1. The normalized spacial score (nSPS) is 14.6. The van der Waals surface area contributed by atoms with Gasteiger partial charge in [0.2, 0.25) is 0 Å². The van der Waals surface area contributed by atoms with Gasteiger partial charge in [0, 0.05) is 20.2 Å². The lowest BCUT2D eigenvalue weighted by molar-refractivity contribution is 0.0739. The zero-order chi connectivity index (χ0) is 12.8. The van der Waals surface area contributed by atoms with Gasteiger partial charge >= 0.3 is 0 Å². The summed E-state index contributed by atoms with van der Waals surface area (Å²) in [7, 11) is 1.69. The number of para-hydroxylation sites is 1. The van der Waals surface area contributed by atoms with Crippen LogP contribution in [0.15, 0.2) is 18.2 Å². The number of rotatable bonds is 6. The van der Waals surface area contributed by atoms with Crippen molar-refractivity contribution in [3.05, 3.63) is 23.8 Å². The Morgan fingerprint density at radius 3 is 3.00 bits per heavy atom. The number of anilines is 2. The number of fused-ring (bicyclic) bond motifs is 1. The van der Waals surface area contributed by atoms with Gasteiger partial charge in [-0.2, -0.15) is 0 Å². The van der Waals surface area contributed by atoms with Crippen LogP contribution < -0.4 is 10.6 Å². The summed E-state index contributed by atoms with van der Waals surface area (Å²) in [5.74, 6) is 0. The largest absolute Gasteiger partial charge is 0.397 e. The third-order valence-corrected chi connectivity index (χ3v) is 3.28. The van der Waals surface area contributed by atoms with Gasteiger partial charge in [0.15, 0.2) is 0 Å². The molecule has 100 valence electrons. The number of nitrogens with zero attached hydrogens (tertiary/aromatic N) is 1. The van der Waals surface area contributed by atoms with Gasteiger partial charge in [-0.15, -0.1) is 0 Å². The first-order valence-electron chi connectivity index (χ1n) is 6.52. The summed E-state index contributed by atoms with van der Waals surface area (Å²) in [5, 5.41) is 0. The monoisotopic (exact) mass is 250 g/mol. The molecule has 0 aromatic heterocycles. The highest BCUT2D eigenvalue weighted by atomic mass is 16.5. The van der Waals surface area contributed by atoms with Crippen LogP contribution in [0.3, 0.4) is 0 Å². The van der Waals surface area contributed by atoms with Gasteiger partial charge in [-0.05, 0) is 24.5 Å². The Labute approximate surface area is 109 Å². The minimum atomic E-state index is 0.652. The fraction of sp³-hybridized carbons (Fsp3) is 0.571. The quantitative estimate of drug-likeness (QED) is 0.616. The number of benzene rings is 1. The number of nitrogens with two attached hydrogens (primary N) is 1. The molecule has 0 atom stereocenters. The first-order valence-corrected chi connectivity index (χ1v) is 6.52. The van der Waals surface area contributed by atoms with Gasteiger partial charge in [0.1, 0.15) is 0 Å². The number of aryl methyl sites for hydroxylation is 1. The highest BCUT2D eigenvalue weighted by Gasteiger charge is 2.18. The second kappa shape index (κ2) is 6.61. The van der Waals surface area contributed by atoms with Gasteiger partial charge in [0.25, 0.3) is 0 Å². The van der Waals surface area contributed by atoms with Crippen molar-refractivity contribution in [3.63, 3.8) is 0 Å². The van der Waals surface area contributed by atoms with Crippen molar-refractivity contribution in [2.45, 2.75) is 12.8 Å². The first-order chi connectivity index (χ1) is 8.83. The zero-order valence-corrected chi connectivity index (χ0v) is 11.0. The van der Waals surface area contributed by atoms with Crippen LogP contribution >= 0.6 is 0 Å². The summed E-state index contributed by atoms with van der Waals surface area (Å²) < 4.78 is 10.5. The molecule has 1 aliphatic rings. The molecular formula is C14H22N2O2. The van der Waals surface area contributed by atoms with Crippen LogP contribution in [-0.2, 0) is 15.9 Å². The molecule has 0 bridgehead atoms. The van der Waals surface area contributed by atoms with E-state index >= 15 is 0 Å². The molecule has 18 heavy (non-hydrogen) atoms. The van der Waals surface area contributed by atoms with E-state index in [0.29, 0.717) is 13.2 Å². The van der Waals surface area contributed by atoms with E-state index in [9.17, 15) is 0 Å². The van der Waals surface area contributed by atoms with E-state index in [1.165, 1.54) is 17.7 Å². The average molecular weight is 250 g/mol. The molecule has 0 radical (unpaired) electrons. The molecule has 1 aliphatic heterocycles. The molecule has 0 amide bonds. The maximum absolute atomic E-state index is 6.08. The highest BCUT2D eigenvalue weighted by Crippen LogP contribution is 2.32. The van der Waals surface area contributed by atoms with Crippen molar-refractivity contribution in [2.75, 3.05) is 50.7 Å². The summed E-state index contributed by atoms with van der Waals surface area (Å²) in [6.45, 7) is 3.98. The van der Waals surface area contributed by atoms with E-state index in [-0.39, 0.29) is 0 Å². The van der Waals surface area contributed by atoms with Crippen molar-refractivity contribution in [1.29, 1.82) is 0 Å². The summed E-state index contributed by atoms with van der Waals surface area (Å²) in [4.78, 5) is 2.33. The third kappa shape index (κ3) is 3.15. The molecule has 0 saturated carbocycles. The summed E-state index contributed by atoms with van der Waals surface area (Å²) in [5.41, 5.74) is 9.53. The van der Waals surface area contributed by atoms with E-state index < -0.39 is 0 Å². The predicted octanol–water partition coefficient (Wildman–Crippen LogP) is 1.68. The molecule has 1 aromatic rings. The van der Waals surface area contributed by atoms with Gasteiger partial charge < -0.3 is 20.1 Å². The van der Waals surface area contributed by atoms with E-state index in [1.54, 1.807) is 7.11 Å². The Balaban J connectivity index is 1.91. The van der Waals surface area contributed by atoms with Crippen molar-refractivity contribution >= 4 is 11.4 Å². The van der Waals surface area contributed by atoms with Crippen molar-refractivity contribution in [3.8, 4) is 0 Å². The second-order valence-electron chi connectivity index (χ2n) is 4.55. The Morgan fingerprint density at radius 2 is 2.17 bits per heavy atom. The fourth-order valence-electron chi connectivity index (χ4n) is 2.41. The molecule has 4 heteroatoms. The minimum absolute atomic E-state index is 0.652. The maximum atomic E-state index is 6.08. The van der Waals surface area contributed by atoms with Gasteiger partial charge in [-0.25, -0.2) is 0 Å². The van der Waals surface area contributed by atoms with Crippen LogP contribution in [0, 0.1) is 0 Å². The van der Waals surface area contributed by atoms with Gasteiger partial charge in [-0.1, -0.05) is 12.1 Å². The molecule has 1 aromatic carbocycles. The van der Waals surface area contributed by atoms with Crippen LogP contribution in [0.4, 0.5) is 11.4 Å².